The Morgan fingerprint density at radius 3 is 2.87 bits per heavy atom. The summed E-state index contributed by atoms with van der Waals surface area (Å²) in [7, 11) is 0. The number of hydrogen-bond donors (Lipinski definition) is 4. The molecule has 0 fully saturated rings. The molecule has 8 heteroatoms. The number of phenols is 2. The first-order valence-corrected chi connectivity index (χ1v) is 6.58. The van der Waals surface area contributed by atoms with Crippen LogP contribution in [0.1, 0.15) is 16.1 Å². The van der Waals surface area contributed by atoms with E-state index < -0.39 is 5.91 Å². The maximum Gasteiger partial charge on any atom is 0.291 e. The van der Waals surface area contributed by atoms with E-state index in [-0.39, 0.29) is 17.2 Å². The molecule has 2 heterocycles. The summed E-state index contributed by atoms with van der Waals surface area (Å²) in [6.07, 6.45) is 2.85. The summed E-state index contributed by atoms with van der Waals surface area (Å²) in [5.74, 6) is -0.429. The fraction of sp³-hybridized carbons (Fsp3) is 0. The summed E-state index contributed by atoms with van der Waals surface area (Å²) in [5, 5.41) is 28.9. The van der Waals surface area contributed by atoms with Gasteiger partial charge >= 0.3 is 0 Å². The number of aromatic hydroxyl groups is 2. The van der Waals surface area contributed by atoms with Crippen LogP contribution in [0.15, 0.2) is 52.2 Å². The van der Waals surface area contributed by atoms with Crippen molar-refractivity contribution in [3.05, 3.63) is 53.9 Å². The zero-order chi connectivity index (χ0) is 16.2. The molecule has 4 N–H and O–H groups in total. The molecule has 3 aromatic rings. The molecule has 0 atom stereocenters. The van der Waals surface area contributed by atoms with Gasteiger partial charge in [-0.1, -0.05) is 0 Å². The standard InChI is InChI=1S/C15H12N4O4/c20-12-4-3-9(6-13(12)21)8-16-19-15(22)11-7-10(17-18-11)14-2-1-5-23-14/h1-8,20-21H,(H,17,18)(H,19,22). The van der Waals surface area contributed by atoms with Crippen molar-refractivity contribution in [2.24, 2.45) is 5.10 Å². The number of rotatable bonds is 4. The summed E-state index contributed by atoms with van der Waals surface area (Å²) in [6.45, 7) is 0. The molecule has 0 aliphatic heterocycles. The number of phenolic OH excluding ortho intramolecular Hbond substituents is 2. The van der Waals surface area contributed by atoms with Crippen LogP contribution in [0.25, 0.3) is 11.5 Å². The third-order valence-corrected chi connectivity index (χ3v) is 2.98. The van der Waals surface area contributed by atoms with E-state index >= 15 is 0 Å². The molecule has 0 saturated heterocycles. The minimum atomic E-state index is -0.502. The van der Waals surface area contributed by atoms with Crippen molar-refractivity contribution >= 4 is 12.1 Å². The highest BCUT2D eigenvalue weighted by molar-refractivity contribution is 5.94. The fourth-order valence-electron chi connectivity index (χ4n) is 1.84. The molecular weight excluding hydrogens is 300 g/mol. The van der Waals surface area contributed by atoms with Gasteiger partial charge in [0, 0.05) is 6.07 Å². The number of amides is 1. The number of carbonyl (C=O) groups is 1. The molecule has 0 aliphatic carbocycles. The maximum absolute atomic E-state index is 11.9. The Bertz CT molecular complexity index is 852. The molecule has 0 bridgehead atoms. The molecule has 3 rings (SSSR count). The number of benzene rings is 1. The van der Waals surface area contributed by atoms with Gasteiger partial charge < -0.3 is 14.6 Å². The van der Waals surface area contributed by atoms with Gasteiger partial charge in [0.2, 0.25) is 0 Å². The molecule has 0 unspecified atom stereocenters. The Kier molecular flexibility index (Phi) is 3.79. The van der Waals surface area contributed by atoms with Crippen LogP contribution in [-0.2, 0) is 0 Å². The number of hydrazone groups is 1. The van der Waals surface area contributed by atoms with Gasteiger partial charge in [-0.05, 0) is 35.9 Å². The quantitative estimate of drug-likeness (QED) is 0.332. The summed E-state index contributed by atoms with van der Waals surface area (Å²) in [4.78, 5) is 11.9. The average molecular weight is 312 g/mol. The monoisotopic (exact) mass is 312 g/mol. The van der Waals surface area contributed by atoms with Gasteiger partial charge in [0.05, 0.1) is 12.5 Å². The molecule has 23 heavy (non-hydrogen) atoms. The minimum Gasteiger partial charge on any atom is -0.504 e. The first-order valence-electron chi connectivity index (χ1n) is 6.58. The number of H-pyrrole nitrogens is 1. The predicted octanol–water partition coefficient (Wildman–Crippen LogP) is 1.84. The first-order chi connectivity index (χ1) is 11.1. The number of nitrogens with one attached hydrogen (secondary N) is 2. The third kappa shape index (κ3) is 3.21. The van der Waals surface area contributed by atoms with Crippen molar-refractivity contribution in [1.82, 2.24) is 15.6 Å². The van der Waals surface area contributed by atoms with E-state index in [1.54, 1.807) is 12.1 Å². The normalized spacial score (nSPS) is 11.0. The van der Waals surface area contributed by atoms with Crippen molar-refractivity contribution in [2.75, 3.05) is 0 Å². The lowest BCUT2D eigenvalue weighted by Gasteiger charge is -1.98. The molecule has 0 radical (unpaired) electrons. The number of nitrogens with zero attached hydrogens (tertiary/aromatic N) is 2. The molecule has 116 valence electrons. The smallest absolute Gasteiger partial charge is 0.291 e. The van der Waals surface area contributed by atoms with E-state index in [0.717, 1.165) is 0 Å². The van der Waals surface area contributed by atoms with Crippen LogP contribution in [0.3, 0.4) is 0 Å². The van der Waals surface area contributed by atoms with Crippen molar-refractivity contribution in [2.45, 2.75) is 0 Å². The molecule has 1 aromatic carbocycles. The molecule has 0 aliphatic rings. The second-order valence-electron chi connectivity index (χ2n) is 4.59. The van der Waals surface area contributed by atoms with E-state index in [1.165, 1.54) is 36.7 Å². The van der Waals surface area contributed by atoms with Crippen molar-refractivity contribution in [3.63, 3.8) is 0 Å². The van der Waals surface area contributed by atoms with E-state index in [0.29, 0.717) is 17.0 Å². The van der Waals surface area contributed by atoms with Gasteiger partial charge in [-0.2, -0.15) is 10.2 Å². The van der Waals surface area contributed by atoms with Crippen LogP contribution in [0.2, 0.25) is 0 Å². The zero-order valence-electron chi connectivity index (χ0n) is 11.7. The van der Waals surface area contributed by atoms with E-state index in [2.05, 4.69) is 20.7 Å². The van der Waals surface area contributed by atoms with Crippen molar-refractivity contribution in [1.29, 1.82) is 0 Å². The van der Waals surface area contributed by atoms with Crippen LogP contribution in [0, 0.1) is 0 Å². The van der Waals surface area contributed by atoms with Crippen LogP contribution in [-0.4, -0.2) is 32.5 Å². The van der Waals surface area contributed by atoms with E-state index in [4.69, 9.17) is 4.42 Å². The van der Waals surface area contributed by atoms with E-state index in [9.17, 15) is 15.0 Å². The van der Waals surface area contributed by atoms with Gasteiger partial charge in [0.1, 0.15) is 5.69 Å². The van der Waals surface area contributed by atoms with Crippen molar-refractivity contribution in [3.8, 4) is 23.0 Å². The van der Waals surface area contributed by atoms with Gasteiger partial charge in [-0.15, -0.1) is 0 Å². The Morgan fingerprint density at radius 2 is 2.13 bits per heavy atom. The number of aromatic amines is 1. The summed E-state index contributed by atoms with van der Waals surface area (Å²) < 4.78 is 5.20. The van der Waals surface area contributed by atoms with Gasteiger partial charge in [0.25, 0.3) is 5.91 Å². The predicted molar refractivity (Wildman–Crippen MR) is 81.1 cm³/mol. The highest BCUT2D eigenvalue weighted by Crippen LogP contribution is 2.24. The zero-order valence-corrected chi connectivity index (χ0v) is 11.7. The molecule has 1 amide bonds. The van der Waals surface area contributed by atoms with Gasteiger partial charge in [0.15, 0.2) is 23.0 Å². The van der Waals surface area contributed by atoms with Crippen LogP contribution >= 0.6 is 0 Å². The Hall–Kier alpha value is -3.55. The largest absolute Gasteiger partial charge is 0.504 e. The molecular formula is C15H12N4O4. The Labute approximate surface area is 130 Å². The minimum absolute atomic E-state index is 0.155. The van der Waals surface area contributed by atoms with Crippen LogP contribution < -0.4 is 5.43 Å². The molecule has 0 spiro atoms. The summed E-state index contributed by atoms with van der Waals surface area (Å²) in [5.41, 5.74) is 3.56. The second-order valence-corrected chi connectivity index (χ2v) is 4.59. The molecule has 2 aromatic heterocycles. The lowest BCUT2D eigenvalue weighted by atomic mass is 10.2. The molecule has 8 nitrogen and oxygen atoms in total. The van der Waals surface area contributed by atoms with Crippen molar-refractivity contribution < 1.29 is 19.4 Å². The SMILES string of the molecule is O=C(NN=Cc1ccc(O)c(O)c1)c1cc(-c2ccco2)[nH]n1. The first kappa shape index (κ1) is 14.4. The topological polar surface area (TPSA) is 124 Å². The number of hydrogen-bond acceptors (Lipinski definition) is 6. The fourth-order valence-corrected chi connectivity index (χ4v) is 1.84. The van der Waals surface area contributed by atoms with Crippen LogP contribution in [0.5, 0.6) is 11.5 Å². The van der Waals surface area contributed by atoms with Gasteiger partial charge in [-0.25, -0.2) is 5.43 Å². The lowest BCUT2D eigenvalue weighted by Crippen LogP contribution is -2.17. The number of furan rings is 1. The molecule has 0 saturated carbocycles. The third-order valence-electron chi connectivity index (χ3n) is 2.98. The number of carbonyl (C=O) groups excluding carboxylic acids is 1. The average Bonchev–Trinajstić information content (AvgIpc) is 3.20. The lowest BCUT2D eigenvalue weighted by molar-refractivity contribution is 0.0950. The summed E-state index contributed by atoms with van der Waals surface area (Å²) >= 11 is 0. The van der Waals surface area contributed by atoms with Crippen LogP contribution in [0.4, 0.5) is 0 Å². The second kappa shape index (κ2) is 6.06. The highest BCUT2D eigenvalue weighted by atomic mass is 16.3. The Balaban J connectivity index is 1.65. The highest BCUT2D eigenvalue weighted by Gasteiger charge is 2.11. The Morgan fingerprint density at radius 1 is 1.26 bits per heavy atom. The van der Waals surface area contributed by atoms with Gasteiger partial charge in [-0.3, -0.25) is 9.89 Å². The summed E-state index contributed by atoms with van der Waals surface area (Å²) in [6, 6.07) is 9.18. The van der Waals surface area contributed by atoms with E-state index in [1.807, 2.05) is 0 Å². The number of aromatic nitrogens is 2. The maximum atomic E-state index is 11.9.